The van der Waals surface area contributed by atoms with E-state index in [9.17, 15) is 9.59 Å². The van der Waals surface area contributed by atoms with Gasteiger partial charge in [-0.05, 0) is 37.0 Å². The molecule has 1 atom stereocenters. The number of benzene rings is 1. The molecule has 0 bridgehead atoms. The Bertz CT molecular complexity index is 482. The number of aryl methyl sites for hydroxylation is 1. The molecule has 1 N–H and O–H groups in total. The normalized spacial score (nSPS) is 16.3. The Balaban J connectivity index is 2.03. The molecule has 1 heterocycles. The van der Waals surface area contributed by atoms with E-state index in [2.05, 4.69) is 12.2 Å². The molecular weight excluding hydrogens is 252 g/mol. The predicted octanol–water partition coefficient (Wildman–Crippen LogP) is 2.59. The van der Waals surface area contributed by atoms with Crippen LogP contribution in [0.25, 0.3) is 0 Å². The van der Waals surface area contributed by atoms with Gasteiger partial charge in [0, 0.05) is 18.7 Å². The largest absolute Gasteiger partial charge is 0.331 e. The van der Waals surface area contributed by atoms with Crippen molar-refractivity contribution in [1.29, 1.82) is 0 Å². The van der Waals surface area contributed by atoms with Crippen LogP contribution in [-0.4, -0.2) is 29.3 Å². The molecule has 1 aromatic rings. The molecule has 20 heavy (non-hydrogen) atoms. The summed E-state index contributed by atoms with van der Waals surface area (Å²) in [5.74, 6) is 0.000305. The Kier molecular flexibility index (Phi) is 4.77. The number of likely N-dealkylation sites (tertiary alicyclic amines) is 1. The van der Waals surface area contributed by atoms with Crippen LogP contribution in [0.5, 0.6) is 0 Å². The summed E-state index contributed by atoms with van der Waals surface area (Å²) in [5, 5.41) is 2.91. The van der Waals surface area contributed by atoms with E-state index in [1.54, 1.807) is 4.90 Å². The third-order valence-corrected chi connectivity index (χ3v) is 3.81. The molecule has 1 aliphatic heterocycles. The smallest absolute Gasteiger partial charge is 0.247 e. The quantitative estimate of drug-likeness (QED) is 0.897. The second kappa shape index (κ2) is 6.55. The molecule has 4 heteroatoms. The maximum atomic E-state index is 12.3. The van der Waals surface area contributed by atoms with E-state index in [1.807, 2.05) is 31.2 Å². The summed E-state index contributed by atoms with van der Waals surface area (Å²) in [4.78, 5) is 25.8. The van der Waals surface area contributed by atoms with Gasteiger partial charge in [-0.2, -0.15) is 0 Å². The molecule has 0 aliphatic carbocycles. The zero-order valence-corrected chi connectivity index (χ0v) is 12.2. The maximum Gasteiger partial charge on any atom is 0.247 e. The van der Waals surface area contributed by atoms with E-state index in [0.29, 0.717) is 19.4 Å². The second-order valence-corrected chi connectivity index (χ2v) is 5.15. The molecule has 0 saturated carbocycles. The van der Waals surface area contributed by atoms with Gasteiger partial charge in [0.2, 0.25) is 11.8 Å². The van der Waals surface area contributed by atoms with Crippen LogP contribution >= 0.6 is 0 Å². The Morgan fingerprint density at radius 2 is 2.00 bits per heavy atom. The van der Waals surface area contributed by atoms with Gasteiger partial charge in [0.25, 0.3) is 0 Å². The van der Waals surface area contributed by atoms with Crippen LogP contribution in [0.4, 0.5) is 5.69 Å². The van der Waals surface area contributed by atoms with Gasteiger partial charge in [-0.3, -0.25) is 9.59 Å². The molecule has 0 spiro atoms. The lowest BCUT2D eigenvalue weighted by molar-refractivity contribution is -0.135. The number of carbonyl (C=O) groups is 2. The number of amides is 2. The van der Waals surface area contributed by atoms with Gasteiger partial charge < -0.3 is 10.2 Å². The molecule has 1 saturated heterocycles. The van der Waals surface area contributed by atoms with Crippen LogP contribution in [0.1, 0.15) is 38.7 Å². The third kappa shape index (κ3) is 3.18. The minimum absolute atomic E-state index is 0.0907. The molecule has 1 aromatic carbocycles. The van der Waals surface area contributed by atoms with Gasteiger partial charge in [-0.1, -0.05) is 26.0 Å². The Hall–Kier alpha value is -1.84. The first-order chi connectivity index (χ1) is 9.65. The topological polar surface area (TPSA) is 49.4 Å². The summed E-state index contributed by atoms with van der Waals surface area (Å²) in [7, 11) is 0. The highest BCUT2D eigenvalue weighted by Crippen LogP contribution is 2.18. The van der Waals surface area contributed by atoms with Crippen LogP contribution in [0.2, 0.25) is 0 Å². The Morgan fingerprint density at radius 3 is 2.50 bits per heavy atom. The minimum atomic E-state index is -0.351. The average molecular weight is 274 g/mol. The van der Waals surface area contributed by atoms with Gasteiger partial charge in [0.1, 0.15) is 6.04 Å². The van der Waals surface area contributed by atoms with Crippen molar-refractivity contribution in [3.8, 4) is 0 Å². The molecular formula is C16H22N2O2. The predicted molar refractivity (Wildman–Crippen MR) is 79.5 cm³/mol. The van der Waals surface area contributed by atoms with Crippen LogP contribution in [0.3, 0.4) is 0 Å². The van der Waals surface area contributed by atoms with E-state index in [-0.39, 0.29) is 17.9 Å². The number of anilines is 1. The fourth-order valence-corrected chi connectivity index (χ4v) is 2.60. The zero-order chi connectivity index (χ0) is 14.5. The highest BCUT2D eigenvalue weighted by molar-refractivity contribution is 5.97. The lowest BCUT2D eigenvalue weighted by Crippen LogP contribution is -2.44. The van der Waals surface area contributed by atoms with Crippen molar-refractivity contribution in [3.05, 3.63) is 29.8 Å². The van der Waals surface area contributed by atoms with Gasteiger partial charge >= 0.3 is 0 Å². The lowest BCUT2D eigenvalue weighted by atomic mass is 10.1. The van der Waals surface area contributed by atoms with E-state index in [4.69, 9.17) is 0 Å². The van der Waals surface area contributed by atoms with Crippen LogP contribution in [0.15, 0.2) is 24.3 Å². The van der Waals surface area contributed by atoms with Gasteiger partial charge in [0.05, 0.1) is 0 Å². The summed E-state index contributed by atoms with van der Waals surface area (Å²) >= 11 is 0. The van der Waals surface area contributed by atoms with Gasteiger partial charge in [0.15, 0.2) is 0 Å². The van der Waals surface area contributed by atoms with Crippen molar-refractivity contribution in [2.75, 3.05) is 11.9 Å². The van der Waals surface area contributed by atoms with Crippen molar-refractivity contribution >= 4 is 17.5 Å². The van der Waals surface area contributed by atoms with E-state index >= 15 is 0 Å². The van der Waals surface area contributed by atoms with Crippen molar-refractivity contribution < 1.29 is 9.59 Å². The number of hydrogen-bond acceptors (Lipinski definition) is 2. The average Bonchev–Trinajstić information content (AvgIpc) is 2.87. The van der Waals surface area contributed by atoms with Crippen molar-refractivity contribution in [3.63, 3.8) is 0 Å². The third-order valence-electron chi connectivity index (χ3n) is 3.81. The van der Waals surface area contributed by atoms with Crippen molar-refractivity contribution in [2.24, 2.45) is 0 Å². The number of hydrogen-bond donors (Lipinski definition) is 1. The Labute approximate surface area is 120 Å². The highest BCUT2D eigenvalue weighted by atomic mass is 16.2. The first kappa shape index (κ1) is 14.6. The van der Waals surface area contributed by atoms with E-state index in [1.165, 1.54) is 5.56 Å². The summed E-state index contributed by atoms with van der Waals surface area (Å²) < 4.78 is 0. The number of rotatable bonds is 5. The fraction of sp³-hybridized carbons (Fsp3) is 0.500. The van der Waals surface area contributed by atoms with E-state index in [0.717, 1.165) is 18.5 Å². The van der Waals surface area contributed by atoms with Crippen LogP contribution in [0, 0.1) is 0 Å². The van der Waals surface area contributed by atoms with Crippen molar-refractivity contribution in [1.82, 2.24) is 4.90 Å². The summed E-state index contributed by atoms with van der Waals surface area (Å²) in [6.45, 7) is 4.73. The monoisotopic (exact) mass is 274 g/mol. The molecule has 0 unspecified atom stereocenters. The molecule has 0 aromatic heterocycles. The molecule has 2 rings (SSSR count). The van der Waals surface area contributed by atoms with Crippen molar-refractivity contribution in [2.45, 2.75) is 45.6 Å². The second-order valence-electron chi connectivity index (χ2n) is 5.15. The maximum absolute atomic E-state index is 12.3. The molecule has 0 radical (unpaired) electrons. The molecule has 1 aliphatic rings. The highest BCUT2D eigenvalue weighted by Gasteiger charge is 2.31. The molecule has 2 amide bonds. The van der Waals surface area contributed by atoms with E-state index < -0.39 is 0 Å². The Morgan fingerprint density at radius 1 is 1.30 bits per heavy atom. The summed E-state index contributed by atoms with van der Waals surface area (Å²) in [6, 6.07) is 7.50. The summed E-state index contributed by atoms with van der Waals surface area (Å²) in [6.07, 6.45) is 3.04. The van der Waals surface area contributed by atoms with Crippen LogP contribution < -0.4 is 5.32 Å². The number of carbonyl (C=O) groups excluding carboxylic acids is 2. The number of nitrogens with zero attached hydrogens (tertiary/aromatic N) is 1. The number of nitrogens with one attached hydrogen (secondary N) is 1. The standard InChI is InChI=1S/C16H22N2O2/c1-3-12-7-9-13(10-8-12)17-16(20)14(4-2)18-11-5-6-15(18)19/h7-10,14H,3-6,11H2,1-2H3,(H,17,20)/t14-/m1/s1. The molecule has 1 fully saturated rings. The minimum Gasteiger partial charge on any atom is -0.331 e. The zero-order valence-electron chi connectivity index (χ0n) is 12.2. The first-order valence-corrected chi connectivity index (χ1v) is 7.35. The molecule has 108 valence electrons. The van der Waals surface area contributed by atoms with Gasteiger partial charge in [-0.25, -0.2) is 0 Å². The van der Waals surface area contributed by atoms with Crippen LogP contribution in [-0.2, 0) is 16.0 Å². The SMILES string of the molecule is CCc1ccc(NC(=O)[C@@H](CC)N2CCCC2=O)cc1. The summed E-state index contributed by atoms with van der Waals surface area (Å²) in [5.41, 5.74) is 2.03. The molecule has 4 nitrogen and oxygen atoms in total. The lowest BCUT2D eigenvalue weighted by Gasteiger charge is -2.25. The van der Waals surface area contributed by atoms with Gasteiger partial charge in [-0.15, -0.1) is 0 Å². The fourth-order valence-electron chi connectivity index (χ4n) is 2.60. The first-order valence-electron chi connectivity index (χ1n) is 7.35.